The zero-order valence-electron chi connectivity index (χ0n) is 15.5. The Kier molecular flexibility index (Phi) is 12.1. The van der Waals surface area contributed by atoms with Crippen molar-refractivity contribution in [3.8, 4) is 0 Å². The molecule has 0 saturated heterocycles. The maximum atomic E-state index is 12.0. The molecule has 1 aromatic carbocycles. The van der Waals surface area contributed by atoms with Crippen molar-refractivity contribution < 1.29 is 14.3 Å². The van der Waals surface area contributed by atoms with E-state index < -0.39 is 0 Å². The number of esters is 1. The SMILES string of the molecule is CCCCCCCCCOCCOC(=O)c1cccc(CCC)c1. The lowest BCUT2D eigenvalue weighted by molar-refractivity contribution is 0.0312. The molecule has 0 radical (unpaired) electrons. The molecule has 0 amide bonds. The molecule has 0 bridgehead atoms. The predicted octanol–water partition coefficient (Wildman–Crippen LogP) is 5.56. The van der Waals surface area contributed by atoms with Crippen LogP contribution in [-0.2, 0) is 15.9 Å². The zero-order chi connectivity index (χ0) is 17.5. The molecule has 136 valence electrons. The average molecular weight is 335 g/mol. The highest BCUT2D eigenvalue weighted by Gasteiger charge is 2.07. The minimum atomic E-state index is -0.257. The van der Waals surface area contributed by atoms with E-state index in [1.165, 1.54) is 44.1 Å². The molecular weight excluding hydrogens is 300 g/mol. The van der Waals surface area contributed by atoms with E-state index in [0.717, 1.165) is 25.9 Å². The molecule has 3 heteroatoms. The maximum absolute atomic E-state index is 12.0. The second-order valence-corrected chi connectivity index (χ2v) is 6.32. The van der Waals surface area contributed by atoms with Crippen molar-refractivity contribution in [3.05, 3.63) is 35.4 Å². The molecular formula is C21H34O3. The summed E-state index contributed by atoms with van der Waals surface area (Å²) in [4.78, 5) is 12.0. The lowest BCUT2D eigenvalue weighted by atomic mass is 10.1. The third kappa shape index (κ3) is 9.71. The van der Waals surface area contributed by atoms with Gasteiger partial charge in [0.2, 0.25) is 0 Å². The summed E-state index contributed by atoms with van der Waals surface area (Å²) in [5.41, 5.74) is 1.81. The highest BCUT2D eigenvalue weighted by molar-refractivity contribution is 5.89. The van der Waals surface area contributed by atoms with Crippen LogP contribution in [0.25, 0.3) is 0 Å². The van der Waals surface area contributed by atoms with E-state index in [2.05, 4.69) is 13.8 Å². The van der Waals surface area contributed by atoms with Crippen LogP contribution in [0.4, 0.5) is 0 Å². The first kappa shape index (κ1) is 20.7. The number of unbranched alkanes of at least 4 members (excludes halogenated alkanes) is 6. The summed E-state index contributed by atoms with van der Waals surface area (Å²) in [6, 6.07) is 7.69. The second kappa shape index (κ2) is 14.0. The van der Waals surface area contributed by atoms with E-state index in [0.29, 0.717) is 18.8 Å². The summed E-state index contributed by atoms with van der Waals surface area (Å²) < 4.78 is 10.8. The van der Waals surface area contributed by atoms with Crippen LogP contribution in [-0.4, -0.2) is 25.8 Å². The van der Waals surface area contributed by atoms with Gasteiger partial charge in [0.25, 0.3) is 0 Å². The van der Waals surface area contributed by atoms with Gasteiger partial charge in [0, 0.05) is 6.61 Å². The first-order chi connectivity index (χ1) is 11.8. The van der Waals surface area contributed by atoms with Gasteiger partial charge in [-0.3, -0.25) is 0 Å². The van der Waals surface area contributed by atoms with Gasteiger partial charge in [-0.25, -0.2) is 4.79 Å². The van der Waals surface area contributed by atoms with Gasteiger partial charge in [-0.15, -0.1) is 0 Å². The highest BCUT2D eigenvalue weighted by atomic mass is 16.6. The molecule has 0 heterocycles. The molecule has 0 aliphatic rings. The molecule has 0 aliphatic heterocycles. The Labute approximate surface area is 147 Å². The van der Waals surface area contributed by atoms with Gasteiger partial charge in [0.05, 0.1) is 12.2 Å². The van der Waals surface area contributed by atoms with Crippen molar-refractivity contribution in [2.24, 2.45) is 0 Å². The Morgan fingerprint density at radius 2 is 1.62 bits per heavy atom. The molecule has 0 aliphatic carbocycles. The summed E-state index contributed by atoms with van der Waals surface area (Å²) in [5, 5.41) is 0. The van der Waals surface area contributed by atoms with Crippen LogP contribution in [0, 0.1) is 0 Å². The van der Waals surface area contributed by atoms with Crippen LogP contribution in [0.3, 0.4) is 0 Å². The molecule has 0 aromatic heterocycles. The molecule has 24 heavy (non-hydrogen) atoms. The standard InChI is InChI=1S/C21H34O3/c1-3-5-6-7-8-9-10-15-23-16-17-24-21(22)20-14-11-13-19(18-20)12-4-2/h11,13-14,18H,3-10,12,15-17H2,1-2H3. The number of rotatable bonds is 14. The third-order valence-electron chi connectivity index (χ3n) is 4.05. The lowest BCUT2D eigenvalue weighted by Crippen LogP contribution is -2.11. The number of carbonyl (C=O) groups excluding carboxylic acids is 1. The van der Waals surface area contributed by atoms with Gasteiger partial charge >= 0.3 is 5.97 Å². The summed E-state index contributed by atoms with van der Waals surface area (Å²) in [6.45, 7) is 5.94. The number of hydrogen-bond acceptors (Lipinski definition) is 3. The van der Waals surface area contributed by atoms with Gasteiger partial charge in [-0.1, -0.05) is 70.9 Å². The molecule has 0 fully saturated rings. The van der Waals surface area contributed by atoms with Crippen molar-refractivity contribution >= 4 is 5.97 Å². The number of benzene rings is 1. The zero-order valence-corrected chi connectivity index (χ0v) is 15.5. The summed E-state index contributed by atoms with van der Waals surface area (Å²) >= 11 is 0. The van der Waals surface area contributed by atoms with E-state index in [4.69, 9.17) is 9.47 Å². The minimum Gasteiger partial charge on any atom is -0.460 e. The van der Waals surface area contributed by atoms with Crippen molar-refractivity contribution in [1.29, 1.82) is 0 Å². The normalized spacial score (nSPS) is 10.8. The molecule has 1 rings (SSSR count). The quantitative estimate of drug-likeness (QED) is 0.330. The second-order valence-electron chi connectivity index (χ2n) is 6.32. The van der Waals surface area contributed by atoms with E-state index in [1.807, 2.05) is 18.2 Å². The fourth-order valence-electron chi connectivity index (χ4n) is 2.68. The van der Waals surface area contributed by atoms with Crippen molar-refractivity contribution in [1.82, 2.24) is 0 Å². The smallest absolute Gasteiger partial charge is 0.338 e. The van der Waals surface area contributed by atoms with Gasteiger partial charge in [0.15, 0.2) is 0 Å². The molecule has 0 unspecified atom stereocenters. The Morgan fingerprint density at radius 3 is 2.38 bits per heavy atom. The Morgan fingerprint density at radius 1 is 0.875 bits per heavy atom. The Balaban J connectivity index is 2.02. The third-order valence-corrected chi connectivity index (χ3v) is 4.05. The van der Waals surface area contributed by atoms with E-state index in [-0.39, 0.29) is 5.97 Å². The number of hydrogen-bond donors (Lipinski definition) is 0. The van der Waals surface area contributed by atoms with Crippen molar-refractivity contribution in [2.75, 3.05) is 19.8 Å². The van der Waals surface area contributed by atoms with E-state index in [1.54, 1.807) is 6.07 Å². The van der Waals surface area contributed by atoms with Gasteiger partial charge in [-0.2, -0.15) is 0 Å². The molecule has 0 saturated carbocycles. The van der Waals surface area contributed by atoms with Gasteiger partial charge in [0.1, 0.15) is 6.61 Å². The first-order valence-corrected chi connectivity index (χ1v) is 9.61. The van der Waals surface area contributed by atoms with Crippen LogP contribution >= 0.6 is 0 Å². The fraction of sp³-hybridized carbons (Fsp3) is 0.667. The summed E-state index contributed by atoms with van der Waals surface area (Å²) in [5.74, 6) is -0.257. The monoisotopic (exact) mass is 334 g/mol. The van der Waals surface area contributed by atoms with E-state index >= 15 is 0 Å². The van der Waals surface area contributed by atoms with E-state index in [9.17, 15) is 4.79 Å². The summed E-state index contributed by atoms with van der Waals surface area (Å²) in [6.07, 6.45) is 11.0. The van der Waals surface area contributed by atoms with Gasteiger partial charge in [-0.05, 0) is 30.5 Å². The highest BCUT2D eigenvalue weighted by Crippen LogP contribution is 2.09. The minimum absolute atomic E-state index is 0.257. The molecule has 0 atom stereocenters. The van der Waals surface area contributed by atoms with Crippen LogP contribution in [0.2, 0.25) is 0 Å². The average Bonchev–Trinajstić information content (AvgIpc) is 2.60. The topological polar surface area (TPSA) is 35.5 Å². The predicted molar refractivity (Wildman–Crippen MR) is 99.5 cm³/mol. The largest absolute Gasteiger partial charge is 0.460 e. The summed E-state index contributed by atoms with van der Waals surface area (Å²) in [7, 11) is 0. The van der Waals surface area contributed by atoms with Crippen LogP contribution in [0.5, 0.6) is 0 Å². The molecule has 0 spiro atoms. The maximum Gasteiger partial charge on any atom is 0.338 e. The fourth-order valence-corrected chi connectivity index (χ4v) is 2.68. The first-order valence-electron chi connectivity index (χ1n) is 9.61. The Hall–Kier alpha value is -1.35. The number of carbonyl (C=O) groups is 1. The number of ether oxygens (including phenoxy) is 2. The molecule has 3 nitrogen and oxygen atoms in total. The Bertz CT molecular complexity index is 442. The van der Waals surface area contributed by atoms with Crippen LogP contribution in [0.1, 0.15) is 81.1 Å². The van der Waals surface area contributed by atoms with Crippen molar-refractivity contribution in [2.45, 2.75) is 71.6 Å². The van der Waals surface area contributed by atoms with Gasteiger partial charge < -0.3 is 9.47 Å². The molecule has 1 aromatic rings. The van der Waals surface area contributed by atoms with Crippen LogP contribution < -0.4 is 0 Å². The molecule has 0 N–H and O–H groups in total. The van der Waals surface area contributed by atoms with Crippen molar-refractivity contribution in [3.63, 3.8) is 0 Å². The lowest BCUT2D eigenvalue weighted by Gasteiger charge is -2.07. The number of aryl methyl sites for hydroxylation is 1. The van der Waals surface area contributed by atoms with Crippen LogP contribution in [0.15, 0.2) is 24.3 Å².